The van der Waals surface area contributed by atoms with E-state index in [-0.39, 0.29) is 36.4 Å². The van der Waals surface area contributed by atoms with Crippen molar-refractivity contribution in [3.63, 3.8) is 0 Å². The van der Waals surface area contributed by atoms with Crippen LogP contribution >= 0.6 is 0 Å². The van der Waals surface area contributed by atoms with Crippen LogP contribution in [-0.2, 0) is 9.59 Å². The molecule has 1 aliphatic rings. The van der Waals surface area contributed by atoms with E-state index in [1.165, 1.54) is 6.92 Å². The molecule has 1 saturated heterocycles. The van der Waals surface area contributed by atoms with Gasteiger partial charge in [-0.05, 0) is 31.9 Å². The first-order valence-corrected chi connectivity index (χ1v) is 7.91. The Kier molecular flexibility index (Phi) is 5.95. The molecular formula is C17H25N3O2. The molecule has 0 radical (unpaired) electrons. The van der Waals surface area contributed by atoms with Crippen molar-refractivity contribution in [1.82, 2.24) is 16.0 Å². The van der Waals surface area contributed by atoms with Gasteiger partial charge in [0, 0.05) is 19.0 Å². The third kappa shape index (κ3) is 4.84. The smallest absolute Gasteiger partial charge is 0.222 e. The highest BCUT2D eigenvalue weighted by Crippen LogP contribution is 2.17. The normalized spacial score (nSPS) is 22.6. The van der Waals surface area contributed by atoms with E-state index < -0.39 is 0 Å². The summed E-state index contributed by atoms with van der Waals surface area (Å²) in [4.78, 5) is 23.7. The van der Waals surface area contributed by atoms with Crippen molar-refractivity contribution in [2.75, 3.05) is 6.54 Å². The number of benzene rings is 1. The van der Waals surface area contributed by atoms with Crippen molar-refractivity contribution < 1.29 is 9.59 Å². The van der Waals surface area contributed by atoms with E-state index in [0.29, 0.717) is 0 Å². The molecule has 1 aromatic carbocycles. The van der Waals surface area contributed by atoms with Crippen molar-refractivity contribution in [3.8, 4) is 0 Å². The number of carbonyl (C=O) groups excluding carboxylic acids is 2. The fraction of sp³-hybridized carbons (Fsp3) is 0.529. The molecule has 2 rings (SSSR count). The lowest BCUT2D eigenvalue weighted by atomic mass is 9.98. The first-order valence-electron chi connectivity index (χ1n) is 7.91. The molecule has 5 nitrogen and oxygen atoms in total. The largest absolute Gasteiger partial charge is 0.352 e. The van der Waals surface area contributed by atoms with E-state index in [0.717, 1.165) is 24.9 Å². The van der Waals surface area contributed by atoms with Gasteiger partial charge in [0.2, 0.25) is 11.8 Å². The Morgan fingerprint density at radius 2 is 2.05 bits per heavy atom. The summed E-state index contributed by atoms with van der Waals surface area (Å²) in [5.74, 6) is -0.155. The molecule has 3 N–H and O–H groups in total. The number of rotatable bonds is 5. The summed E-state index contributed by atoms with van der Waals surface area (Å²) in [5.41, 5.74) is 0.947. The Hall–Kier alpha value is -1.88. The number of carbonyl (C=O) groups is 2. The number of amides is 2. The minimum absolute atomic E-state index is 0.0249. The molecule has 1 aromatic rings. The Morgan fingerprint density at radius 1 is 1.32 bits per heavy atom. The second-order valence-electron chi connectivity index (χ2n) is 5.93. The zero-order chi connectivity index (χ0) is 15.9. The average molecular weight is 303 g/mol. The van der Waals surface area contributed by atoms with Gasteiger partial charge in [-0.3, -0.25) is 9.59 Å². The van der Waals surface area contributed by atoms with Crippen LogP contribution in [0.2, 0.25) is 0 Å². The van der Waals surface area contributed by atoms with Gasteiger partial charge in [-0.15, -0.1) is 0 Å². The number of nitrogens with one attached hydrogen (secondary N) is 3. The Bertz CT molecular complexity index is 504. The molecule has 0 aromatic heterocycles. The van der Waals surface area contributed by atoms with Gasteiger partial charge in [0.1, 0.15) is 0 Å². The Balaban J connectivity index is 1.97. The molecule has 0 spiro atoms. The number of hydrogen-bond acceptors (Lipinski definition) is 3. The lowest BCUT2D eigenvalue weighted by Gasteiger charge is -2.31. The molecule has 3 unspecified atom stereocenters. The van der Waals surface area contributed by atoms with E-state index in [4.69, 9.17) is 0 Å². The fourth-order valence-electron chi connectivity index (χ4n) is 2.88. The summed E-state index contributed by atoms with van der Waals surface area (Å²) in [7, 11) is 0. The summed E-state index contributed by atoms with van der Waals surface area (Å²) in [6.45, 7) is 4.57. The SMILES string of the molecule is CC(=O)NC(CC(=O)NC1CCCNC1C)c1ccccc1. The van der Waals surface area contributed by atoms with Crippen LogP contribution in [0.5, 0.6) is 0 Å². The maximum Gasteiger partial charge on any atom is 0.222 e. The molecule has 2 amide bonds. The molecule has 22 heavy (non-hydrogen) atoms. The molecule has 1 aliphatic heterocycles. The van der Waals surface area contributed by atoms with Gasteiger partial charge in [-0.2, -0.15) is 0 Å². The standard InChI is InChI=1S/C17H25N3O2/c1-12-15(9-6-10-18-12)20-17(22)11-16(19-13(2)21)14-7-4-3-5-8-14/h3-5,7-8,12,15-16,18H,6,9-11H2,1-2H3,(H,19,21)(H,20,22). The minimum Gasteiger partial charge on any atom is -0.352 e. The van der Waals surface area contributed by atoms with Crippen molar-refractivity contribution >= 4 is 11.8 Å². The maximum atomic E-state index is 12.3. The van der Waals surface area contributed by atoms with Gasteiger partial charge in [0.25, 0.3) is 0 Å². The van der Waals surface area contributed by atoms with Crippen LogP contribution in [0.4, 0.5) is 0 Å². The summed E-state index contributed by atoms with van der Waals surface area (Å²) in [6, 6.07) is 9.76. The number of piperidine rings is 1. The van der Waals surface area contributed by atoms with Gasteiger partial charge < -0.3 is 16.0 Å². The van der Waals surface area contributed by atoms with Crippen LogP contribution in [0, 0.1) is 0 Å². The molecule has 120 valence electrons. The van der Waals surface area contributed by atoms with Crippen LogP contribution < -0.4 is 16.0 Å². The van der Waals surface area contributed by atoms with Crippen molar-refractivity contribution in [2.24, 2.45) is 0 Å². The molecule has 3 atom stereocenters. The summed E-state index contributed by atoms with van der Waals surface area (Å²) < 4.78 is 0. The first kappa shape index (κ1) is 16.5. The molecule has 1 fully saturated rings. The summed E-state index contributed by atoms with van der Waals surface area (Å²) in [5, 5.41) is 9.32. The summed E-state index contributed by atoms with van der Waals surface area (Å²) >= 11 is 0. The Morgan fingerprint density at radius 3 is 2.68 bits per heavy atom. The summed E-state index contributed by atoms with van der Waals surface area (Å²) in [6.07, 6.45) is 2.33. The molecule has 0 bridgehead atoms. The van der Waals surface area contributed by atoms with E-state index in [9.17, 15) is 9.59 Å². The highest BCUT2D eigenvalue weighted by Gasteiger charge is 2.24. The highest BCUT2D eigenvalue weighted by atomic mass is 16.2. The number of hydrogen-bond donors (Lipinski definition) is 3. The monoisotopic (exact) mass is 303 g/mol. The van der Waals surface area contributed by atoms with E-state index in [1.54, 1.807) is 0 Å². The van der Waals surface area contributed by atoms with Crippen LogP contribution in [0.3, 0.4) is 0 Å². The fourth-order valence-corrected chi connectivity index (χ4v) is 2.88. The third-order valence-electron chi connectivity index (χ3n) is 4.08. The van der Waals surface area contributed by atoms with Gasteiger partial charge in [-0.25, -0.2) is 0 Å². The average Bonchev–Trinajstić information content (AvgIpc) is 2.49. The van der Waals surface area contributed by atoms with E-state index >= 15 is 0 Å². The predicted octanol–water partition coefficient (Wildman–Crippen LogP) is 1.51. The molecule has 0 saturated carbocycles. The van der Waals surface area contributed by atoms with E-state index in [1.807, 2.05) is 30.3 Å². The zero-order valence-corrected chi connectivity index (χ0v) is 13.3. The van der Waals surface area contributed by atoms with Crippen molar-refractivity contribution in [2.45, 2.75) is 51.2 Å². The van der Waals surface area contributed by atoms with Crippen LogP contribution in [-0.4, -0.2) is 30.4 Å². The topological polar surface area (TPSA) is 70.2 Å². The second-order valence-corrected chi connectivity index (χ2v) is 5.93. The molecule has 0 aliphatic carbocycles. The van der Waals surface area contributed by atoms with Crippen LogP contribution in [0.1, 0.15) is 44.7 Å². The van der Waals surface area contributed by atoms with Crippen LogP contribution in [0.15, 0.2) is 30.3 Å². The quantitative estimate of drug-likeness (QED) is 0.772. The van der Waals surface area contributed by atoms with Crippen molar-refractivity contribution in [3.05, 3.63) is 35.9 Å². The Labute approximate surface area is 131 Å². The lowest BCUT2D eigenvalue weighted by Crippen LogP contribution is -2.52. The van der Waals surface area contributed by atoms with Gasteiger partial charge >= 0.3 is 0 Å². The molecule has 5 heteroatoms. The van der Waals surface area contributed by atoms with Gasteiger partial charge in [0.05, 0.1) is 12.5 Å². The van der Waals surface area contributed by atoms with Crippen molar-refractivity contribution in [1.29, 1.82) is 0 Å². The maximum absolute atomic E-state index is 12.3. The molecular weight excluding hydrogens is 278 g/mol. The van der Waals surface area contributed by atoms with Gasteiger partial charge in [-0.1, -0.05) is 30.3 Å². The zero-order valence-electron chi connectivity index (χ0n) is 13.3. The second kappa shape index (κ2) is 7.94. The van der Waals surface area contributed by atoms with Gasteiger partial charge in [0.15, 0.2) is 0 Å². The highest BCUT2D eigenvalue weighted by molar-refractivity contribution is 5.79. The first-order chi connectivity index (χ1) is 10.6. The molecule has 1 heterocycles. The third-order valence-corrected chi connectivity index (χ3v) is 4.08. The van der Waals surface area contributed by atoms with Crippen LogP contribution in [0.25, 0.3) is 0 Å². The minimum atomic E-state index is -0.287. The lowest BCUT2D eigenvalue weighted by molar-refractivity contribution is -0.123. The predicted molar refractivity (Wildman–Crippen MR) is 86.2 cm³/mol. The van der Waals surface area contributed by atoms with E-state index in [2.05, 4.69) is 22.9 Å².